The fraction of sp³-hybridized carbons (Fsp3) is 0.733. The Morgan fingerprint density at radius 3 is 2.22 bits per heavy atom. The van der Waals surface area contributed by atoms with Gasteiger partial charge in [-0.2, -0.15) is 0 Å². The Kier molecular flexibility index (Phi) is 8.19. The third kappa shape index (κ3) is 6.46. The van der Waals surface area contributed by atoms with Crippen LogP contribution in [0.5, 0.6) is 0 Å². The molecule has 3 heteroatoms. The Bertz CT molecular complexity index is 311. The molecule has 1 aromatic heterocycles. The van der Waals surface area contributed by atoms with E-state index in [1.54, 1.807) is 6.07 Å². The van der Waals surface area contributed by atoms with Crippen LogP contribution in [0, 0.1) is 0 Å². The Hall–Kier alpha value is -0.470. The minimum atomic E-state index is -0.00223. The van der Waals surface area contributed by atoms with E-state index in [0.717, 1.165) is 12.2 Å². The van der Waals surface area contributed by atoms with Gasteiger partial charge in [0.1, 0.15) is 5.76 Å². The molecule has 18 heavy (non-hydrogen) atoms. The van der Waals surface area contributed by atoms with Gasteiger partial charge in [-0.3, -0.25) is 0 Å². The quantitative estimate of drug-likeness (QED) is 0.574. The highest BCUT2D eigenvalue weighted by Gasteiger charge is 2.09. The number of nitrogens with two attached hydrogens (primary N) is 1. The van der Waals surface area contributed by atoms with Gasteiger partial charge in [-0.15, -0.1) is 0 Å². The van der Waals surface area contributed by atoms with E-state index in [9.17, 15) is 0 Å². The number of halogens is 1. The van der Waals surface area contributed by atoms with Crippen LogP contribution in [0.3, 0.4) is 0 Å². The van der Waals surface area contributed by atoms with E-state index in [0.29, 0.717) is 5.22 Å². The van der Waals surface area contributed by atoms with E-state index in [1.807, 2.05) is 6.07 Å². The third-order valence-corrected chi connectivity index (χ3v) is 3.53. The summed E-state index contributed by atoms with van der Waals surface area (Å²) in [5.41, 5.74) is 6.04. The number of hydrogen-bond donors (Lipinski definition) is 1. The molecular weight excluding hydrogens is 246 g/mol. The van der Waals surface area contributed by atoms with Crippen LogP contribution in [0.4, 0.5) is 0 Å². The summed E-state index contributed by atoms with van der Waals surface area (Å²) in [5, 5.41) is 0.427. The van der Waals surface area contributed by atoms with E-state index in [4.69, 9.17) is 21.8 Å². The zero-order valence-electron chi connectivity index (χ0n) is 11.5. The molecule has 0 radical (unpaired) electrons. The summed E-state index contributed by atoms with van der Waals surface area (Å²) >= 11 is 5.73. The zero-order chi connectivity index (χ0) is 13.2. The van der Waals surface area contributed by atoms with Gasteiger partial charge < -0.3 is 10.2 Å². The maximum Gasteiger partial charge on any atom is 0.193 e. The van der Waals surface area contributed by atoms with Gasteiger partial charge in [0.25, 0.3) is 0 Å². The number of rotatable bonds is 10. The van der Waals surface area contributed by atoms with Crippen molar-refractivity contribution in [3.8, 4) is 0 Å². The Labute approximate surface area is 116 Å². The first kappa shape index (κ1) is 15.6. The van der Waals surface area contributed by atoms with Crippen LogP contribution in [-0.2, 0) is 0 Å². The summed E-state index contributed by atoms with van der Waals surface area (Å²) in [6.45, 7) is 2.25. The van der Waals surface area contributed by atoms with Crippen molar-refractivity contribution in [2.24, 2.45) is 5.73 Å². The molecule has 0 aliphatic heterocycles. The number of unbranched alkanes of at least 4 members (excludes halogenated alkanes) is 7. The van der Waals surface area contributed by atoms with Gasteiger partial charge in [-0.05, 0) is 30.2 Å². The van der Waals surface area contributed by atoms with Gasteiger partial charge in [0.2, 0.25) is 0 Å². The third-order valence-electron chi connectivity index (χ3n) is 3.33. The summed E-state index contributed by atoms with van der Waals surface area (Å²) < 4.78 is 5.31. The van der Waals surface area contributed by atoms with Gasteiger partial charge in [0.15, 0.2) is 5.22 Å². The molecule has 0 fully saturated rings. The van der Waals surface area contributed by atoms with Crippen molar-refractivity contribution < 1.29 is 4.42 Å². The Balaban J connectivity index is 1.97. The first-order valence-corrected chi connectivity index (χ1v) is 7.62. The Morgan fingerprint density at radius 1 is 1.06 bits per heavy atom. The summed E-state index contributed by atoms with van der Waals surface area (Å²) in [6, 6.07) is 3.62. The summed E-state index contributed by atoms with van der Waals surface area (Å²) in [6.07, 6.45) is 11.6. The minimum absolute atomic E-state index is 0.00223. The van der Waals surface area contributed by atoms with Crippen LogP contribution in [0.2, 0.25) is 5.22 Å². The lowest BCUT2D eigenvalue weighted by Crippen LogP contribution is -2.08. The zero-order valence-corrected chi connectivity index (χ0v) is 12.2. The lowest BCUT2D eigenvalue weighted by molar-refractivity contribution is 0.439. The average Bonchev–Trinajstić information content (AvgIpc) is 2.79. The van der Waals surface area contributed by atoms with Gasteiger partial charge in [0.05, 0.1) is 6.04 Å². The van der Waals surface area contributed by atoms with Crippen LogP contribution in [0.15, 0.2) is 16.5 Å². The predicted molar refractivity (Wildman–Crippen MR) is 77.9 cm³/mol. The molecule has 0 aliphatic rings. The molecule has 0 spiro atoms. The number of furan rings is 1. The molecule has 1 atom stereocenters. The van der Waals surface area contributed by atoms with Gasteiger partial charge in [-0.25, -0.2) is 0 Å². The smallest absolute Gasteiger partial charge is 0.193 e. The second-order valence-electron chi connectivity index (χ2n) is 5.01. The van der Waals surface area contributed by atoms with Crippen molar-refractivity contribution in [2.75, 3.05) is 0 Å². The van der Waals surface area contributed by atoms with Crippen LogP contribution in [0.1, 0.15) is 76.5 Å². The van der Waals surface area contributed by atoms with E-state index in [2.05, 4.69) is 6.92 Å². The standard InChI is InChI=1S/C15H26ClNO/c1-2-3-4-5-6-7-8-9-10-13(17)14-11-12-15(16)18-14/h11-13H,2-10,17H2,1H3. The largest absolute Gasteiger partial charge is 0.448 e. The van der Waals surface area contributed by atoms with E-state index in [-0.39, 0.29) is 6.04 Å². The topological polar surface area (TPSA) is 39.2 Å². The fourth-order valence-electron chi connectivity index (χ4n) is 2.17. The molecule has 104 valence electrons. The minimum Gasteiger partial charge on any atom is -0.448 e. The van der Waals surface area contributed by atoms with E-state index in [1.165, 1.54) is 51.4 Å². The molecule has 1 unspecified atom stereocenters. The van der Waals surface area contributed by atoms with Crippen molar-refractivity contribution in [1.29, 1.82) is 0 Å². The lowest BCUT2D eigenvalue weighted by Gasteiger charge is -2.08. The van der Waals surface area contributed by atoms with Gasteiger partial charge in [-0.1, -0.05) is 58.3 Å². The molecule has 0 saturated heterocycles. The molecular formula is C15H26ClNO. The van der Waals surface area contributed by atoms with Crippen molar-refractivity contribution >= 4 is 11.6 Å². The maximum absolute atomic E-state index is 6.04. The highest BCUT2D eigenvalue weighted by Crippen LogP contribution is 2.22. The molecule has 1 rings (SSSR count). The van der Waals surface area contributed by atoms with Crippen molar-refractivity contribution in [3.05, 3.63) is 23.1 Å². The summed E-state index contributed by atoms with van der Waals surface area (Å²) in [7, 11) is 0. The monoisotopic (exact) mass is 271 g/mol. The predicted octanol–water partition coefficient (Wildman–Crippen LogP) is 5.46. The van der Waals surface area contributed by atoms with Crippen molar-refractivity contribution in [3.63, 3.8) is 0 Å². The molecule has 0 saturated carbocycles. The molecule has 0 amide bonds. The highest BCUT2D eigenvalue weighted by atomic mass is 35.5. The maximum atomic E-state index is 6.04. The highest BCUT2D eigenvalue weighted by molar-refractivity contribution is 6.28. The number of hydrogen-bond acceptors (Lipinski definition) is 2. The molecule has 0 aromatic carbocycles. The SMILES string of the molecule is CCCCCCCCCCC(N)c1ccc(Cl)o1. The first-order chi connectivity index (χ1) is 8.74. The normalized spacial score (nSPS) is 12.8. The lowest BCUT2D eigenvalue weighted by atomic mass is 10.0. The van der Waals surface area contributed by atoms with E-state index < -0.39 is 0 Å². The van der Waals surface area contributed by atoms with Crippen LogP contribution in [0.25, 0.3) is 0 Å². The van der Waals surface area contributed by atoms with E-state index >= 15 is 0 Å². The van der Waals surface area contributed by atoms with Crippen molar-refractivity contribution in [2.45, 2.75) is 70.8 Å². The summed E-state index contributed by atoms with van der Waals surface area (Å²) in [4.78, 5) is 0. The first-order valence-electron chi connectivity index (χ1n) is 7.25. The van der Waals surface area contributed by atoms with Gasteiger partial charge >= 0.3 is 0 Å². The van der Waals surface area contributed by atoms with Crippen LogP contribution in [-0.4, -0.2) is 0 Å². The van der Waals surface area contributed by atoms with Crippen molar-refractivity contribution in [1.82, 2.24) is 0 Å². The molecule has 2 N–H and O–H groups in total. The second kappa shape index (κ2) is 9.46. The fourth-order valence-corrected chi connectivity index (χ4v) is 2.32. The molecule has 1 aromatic rings. The molecule has 2 nitrogen and oxygen atoms in total. The second-order valence-corrected chi connectivity index (χ2v) is 5.38. The molecule has 0 bridgehead atoms. The molecule has 1 heterocycles. The molecule has 0 aliphatic carbocycles. The summed E-state index contributed by atoms with van der Waals surface area (Å²) in [5.74, 6) is 0.808. The van der Waals surface area contributed by atoms with Crippen LogP contribution < -0.4 is 5.73 Å². The van der Waals surface area contributed by atoms with Gasteiger partial charge in [0, 0.05) is 0 Å². The van der Waals surface area contributed by atoms with Crippen LogP contribution >= 0.6 is 11.6 Å². The Morgan fingerprint density at radius 2 is 1.67 bits per heavy atom. The average molecular weight is 272 g/mol.